The Morgan fingerprint density at radius 1 is 0.737 bits per heavy atom. The number of Topliss-reactive ketones (excluding diaryl/α,β-unsaturated/α-hetero) is 2. The molecule has 3 aromatic carbocycles. The first kappa shape index (κ1) is 26.8. The van der Waals surface area contributed by atoms with Crippen LogP contribution in [0.2, 0.25) is 0 Å². The highest BCUT2D eigenvalue weighted by Gasteiger charge is 2.14. The van der Waals surface area contributed by atoms with E-state index < -0.39 is 5.91 Å². The number of unbranched alkanes of at least 4 members (excludes halogenated alkanes) is 2. The first-order valence-corrected chi connectivity index (χ1v) is 12.7. The molecule has 8 nitrogen and oxygen atoms in total. The second-order valence-electron chi connectivity index (χ2n) is 9.45. The molecule has 0 fully saturated rings. The quantitative estimate of drug-likeness (QED) is 0.110. The van der Waals surface area contributed by atoms with Crippen LogP contribution in [0.1, 0.15) is 76.2 Å². The van der Waals surface area contributed by atoms with Gasteiger partial charge in [-0.15, -0.1) is 0 Å². The number of hydroxylamine groups is 1. The smallest absolute Gasteiger partial charge is 0.274 e. The van der Waals surface area contributed by atoms with Crippen LogP contribution in [0.4, 0.5) is 0 Å². The molecule has 4 aromatic rings. The third-order valence-electron chi connectivity index (χ3n) is 6.77. The van der Waals surface area contributed by atoms with Gasteiger partial charge in [-0.2, -0.15) is 0 Å². The number of amides is 2. The summed E-state index contributed by atoms with van der Waals surface area (Å²) < 4.78 is 2.22. The Hall–Kier alpha value is -4.30. The van der Waals surface area contributed by atoms with Gasteiger partial charge in [-0.1, -0.05) is 18.6 Å². The predicted octanol–water partition coefficient (Wildman–Crippen LogP) is 5.20. The minimum atomic E-state index is -0.580. The van der Waals surface area contributed by atoms with Gasteiger partial charge in [0.1, 0.15) is 0 Å². The van der Waals surface area contributed by atoms with Crippen LogP contribution in [0, 0.1) is 0 Å². The van der Waals surface area contributed by atoms with E-state index in [-0.39, 0.29) is 17.5 Å². The van der Waals surface area contributed by atoms with Crippen molar-refractivity contribution >= 4 is 45.2 Å². The highest BCUT2D eigenvalue weighted by Crippen LogP contribution is 2.31. The van der Waals surface area contributed by atoms with Crippen LogP contribution < -0.4 is 10.8 Å². The van der Waals surface area contributed by atoms with Gasteiger partial charge in [0.15, 0.2) is 11.6 Å². The van der Waals surface area contributed by atoms with Crippen LogP contribution in [-0.2, 0) is 17.9 Å². The summed E-state index contributed by atoms with van der Waals surface area (Å²) in [6, 6.07) is 18.1. The molecule has 196 valence electrons. The molecule has 1 aromatic heterocycles. The number of fused-ring (bicyclic) bond motifs is 3. The largest absolute Gasteiger partial charge is 0.352 e. The zero-order valence-electron chi connectivity index (χ0n) is 21.5. The minimum Gasteiger partial charge on any atom is -0.352 e. The van der Waals surface area contributed by atoms with E-state index >= 15 is 0 Å². The first-order valence-electron chi connectivity index (χ1n) is 12.7. The van der Waals surface area contributed by atoms with Gasteiger partial charge >= 0.3 is 0 Å². The molecule has 0 aliphatic carbocycles. The van der Waals surface area contributed by atoms with Crippen molar-refractivity contribution in [3.05, 3.63) is 82.9 Å². The monoisotopic (exact) mass is 513 g/mol. The number of hydrogen-bond donors (Lipinski definition) is 3. The standard InChI is InChI=1S/C30H31N3O5/c1-19(34)23-11-13-27-25(16-23)26-17-24(20(2)35)12-14-28(26)33(27)15-5-3-4-6-29(36)31-18-21-7-9-22(10-8-21)30(37)32-38/h7-14,16-17,38H,3-6,15,18H2,1-2H3,(H,31,36)(H,32,37). The van der Waals surface area contributed by atoms with Crippen molar-refractivity contribution in [1.29, 1.82) is 0 Å². The van der Waals surface area contributed by atoms with Crippen molar-refractivity contribution in [3.63, 3.8) is 0 Å². The maximum atomic E-state index is 12.3. The lowest BCUT2D eigenvalue weighted by Gasteiger charge is -2.09. The molecule has 0 aliphatic rings. The second kappa shape index (κ2) is 11.8. The van der Waals surface area contributed by atoms with E-state index in [1.807, 2.05) is 36.4 Å². The average molecular weight is 514 g/mol. The van der Waals surface area contributed by atoms with Gasteiger partial charge in [0, 0.05) is 58.0 Å². The summed E-state index contributed by atoms with van der Waals surface area (Å²) in [6.07, 6.45) is 2.92. The van der Waals surface area contributed by atoms with Gasteiger partial charge in [-0.25, -0.2) is 5.48 Å². The molecule has 1 heterocycles. The summed E-state index contributed by atoms with van der Waals surface area (Å²) >= 11 is 0. The number of nitrogens with zero attached hydrogens (tertiary/aromatic N) is 1. The van der Waals surface area contributed by atoms with Gasteiger partial charge in [0.05, 0.1) is 0 Å². The molecule has 0 spiro atoms. The number of carbonyl (C=O) groups excluding carboxylic acids is 4. The number of hydrogen-bond acceptors (Lipinski definition) is 5. The van der Waals surface area contributed by atoms with Crippen LogP contribution >= 0.6 is 0 Å². The Morgan fingerprint density at radius 2 is 1.29 bits per heavy atom. The van der Waals surface area contributed by atoms with Gasteiger partial charge in [-0.3, -0.25) is 24.4 Å². The molecule has 8 heteroatoms. The third kappa shape index (κ3) is 5.98. The Morgan fingerprint density at radius 3 is 1.82 bits per heavy atom. The average Bonchev–Trinajstić information content (AvgIpc) is 3.23. The van der Waals surface area contributed by atoms with Crippen LogP contribution in [0.3, 0.4) is 0 Å². The number of ketones is 2. The van der Waals surface area contributed by atoms with E-state index in [0.717, 1.165) is 53.2 Å². The third-order valence-corrected chi connectivity index (χ3v) is 6.77. The van der Waals surface area contributed by atoms with Crippen LogP contribution in [0.25, 0.3) is 21.8 Å². The van der Waals surface area contributed by atoms with Gasteiger partial charge in [-0.05, 0) is 80.8 Å². The fraction of sp³-hybridized carbons (Fsp3) is 0.267. The zero-order valence-corrected chi connectivity index (χ0v) is 21.5. The molecule has 0 bridgehead atoms. The lowest BCUT2D eigenvalue weighted by atomic mass is 10.0. The molecule has 0 unspecified atom stereocenters. The number of carbonyl (C=O) groups is 4. The number of aromatic nitrogens is 1. The predicted molar refractivity (Wildman–Crippen MR) is 145 cm³/mol. The molecule has 0 radical (unpaired) electrons. The van der Waals surface area contributed by atoms with E-state index in [2.05, 4.69) is 9.88 Å². The van der Waals surface area contributed by atoms with Gasteiger partial charge < -0.3 is 9.88 Å². The lowest BCUT2D eigenvalue weighted by molar-refractivity contribution is -0.121. The Kier molecular flexibility index (Phi) is 8.33. The van der Waals surface area contributed by atoms with Crippen molar-refractivity contribution in [1.82, 2.24) is 15.4 Å². The van der Waals surface area contributed by atoms with Gasteiger partial charge in [0.25, 0.3) is 5.91 Å². The Bertz CT molecular complexity index is 1450. The summed E-state index contributed by atoms with van der Waals surface area (Å²) in [5.74, 6) is -0.615. The van der Waals surface area contributed by atoms with Crippen LogP contribution in [-0.4, -0.2) is 33.2 Å². The summed E-state index contributed by atoms with van der Waals surface area (Å²) in [5.41, 5.74) is 6.11. The summed E-state index contributed by atoms with van der Waals surface area (Å²) in [6.45, 7) is 4.22. The molecular formula is C30H31N3O5. The van der Waals surface area contributed by atoms with Gasteiger partial charge in [0.2, 0.25) is 5.91 Å². The second-order valence-corrected chi connectivity index (χ2v) is 9.45. The summed E-state index contributed by atoms with van der Waals surface area (Å²) in [4.78, 5) is 47.6. The van der Waals surface area contributed by atoms with Crippen molar-refractivity contribution in [2.24, 2.45) is 0 Å². The maximum Gasteiger partial charge on any atom is 0.274 e. The minimum absolute atomic E-state index is 0.0000812. The van der Waals surface area contributed by atoms with E-state index in [1.165, 1.54) is 0 Å². The number of rotatable bonds is 11. The van der Waals surface area contributed by atoms with Crippen molar-refractivity contribution < 1.29 is 24.4 Å². The summed E-state index contributed by atoms with van der Waals surface area (Å²) in [7, 11) is 0. The highest BCUT2D eigenvalue weighted by molar-refractivity contribution is 6.12. The molecule has 38 heavy (non-hydrogen) atoms. The van der Waals surface area contributed by atoms with E-state index in [0.29, 0.717) is 29.7 Å². The molecule has 4 rings (SSSR count). The van der Waals surface area contributed by atoms with Crippen molar-refractivity contribution in [2.75, 3.05) is 0 Å². The number of aryl methyl sites for hydroxylation is 1. The molecular weight excluding hydrogens is 482 g/mol. The first-order chi connectivity index (χ1) is 18.3. The van der Waals surface area contributed by atoms with Crippen LogP contribution in [0.5, 0.6) is 0 Å². The van der Waals surface area contributed by atoms with Crippen LogP contribution in [0.15, 0.2) is 60.7 Å². The van der Waals surface area contributed by atoms with Crippen molar-refractivity contribution in [2.45, 2.75) is 52.6 Å². The Balaban J connectivity index is 1.34. The molecule has 0 aliphatic heterocycles. The number of nitrogens with one attached hydrogen (secondary N) is 2. The van der Waals surface area contributed by atoms with Crippen molar-refractivity contribution in [3.8, 4) is 0 Å². The number of benzene rings is 3. The maximum absolute atomic E-state index is 12.3. The molecule has 0 saturated heterocycles. The van der Waals surface area contributed by atoms with E-state index in [9.17, 15) is 19.2 Å². The molecule has 0 atom stereocenters. The topological polar surface area (TPSA) is 118 Å². The molecule has 2 amide bonds. The fourth-order valence-corrected chi connectivity index (χ4v) is 4.64. The molecule has 0 saturated carbocycles. The Labute approximate surface area is 220 Å². The lowest BCUT2D eigenvalue weighted by Crippen LogP contribution is -2.22. The van der Waals surface area contributed by atoms with E-state index in [4.69, 9.17) is 5.21 Å². The highest BCUT2D eigenvalue weighted by atomic mass is 16.5. The zero-order chi connectivity index (χ0) is 27.2. The normalized spacial score (nSPS) is 11.0. The van der Waals surface area contributed by atoms with E-state index in [1.54, 1.807) is 43.6 Å². The fourth-order valence-electron chi connectivity index (χ4n) is 4.64. The summed E-state index contributed by atoms with van der Waals surface area (Å²) in [5, 5.41) is 13.5. The molecule has 3 N–H and O–H groups in total. The SMILES string of the molecule is CC(=O)c1ccc2c(c1)c1cc(C(C)=O)ccc1n2CCCCCC(=O)NCc1ccc(C(=O)NO)cc1.